The Kier molecular flexibility index (Phi) is 4.18. The van der Waals surface area contributed by atoms with Gasteiger partial charge in [0.1, 0.15) is 5.60 Å². The summed E-state index contributed by atoms with van der Waals surface area (Å²) in [6.45, 7) is 6.75. The Balaban J connectivity index is 2.30. The summed E-state index contributed by atoms with van der Waals surface area (Å²) in [5.41, 5.74) is -0.999. The third-order valence-corrected chi connectivity index (χ3v) is 6.21. The first-order chi connectivity index (χ1) is 11.6. The minimum Gasteiger partial charge on any atom is -0.392 e. The molecule has 136 valence electrons. The van der Waals surface area contributed by atoms with E-state index in [-0.39, 0.29) is 25.2 Å². The molecule has 5 atom stereocenters. The molecule has 0 unspecified atom stereocenters. The lowest BCUT2D eigenvalue weighted by Gasteiger charge is -2.49. The zero-order valence-corrected chi connectivity index (χ0v) is 15.2. The summed E-state index contributed by atoms with van der Waals surface area (Å²) in [6, 6.07) is 0. The summed E-state index contributed by atoms with van der Waals surface area (Å²) >= 11 is 0. The van der Waals surface area contributed by atoms with Crippen LogP contribution in [0.4, 0.5) is 0 Å². The van der Waals surface area contributed by atoms with Gasteiger partial charge in [-0.1, -0.05) is 24.6 Å². The molecule has 5 nitrogen and oxygen atoms in total. The SMILES string of the molecule is CC1=C[C@H]2[C@@]3(O)[C@H](C)CC(=O)C(=C(C)C)[C@@H]3C=C(CO)C[C@]2(O)C1=O. The summed E-state index contributed by atoms with van der Waals surface area (Å²) in [5.74, 6) is -2.31. The molecule has 25 heavy (non-hydrogen) atoms. The zero-order chi connectivity index (χ0) is 18.7. The number of carbonyl (C=O) groups is 2. The first-order valence-corrected chi connectivity index (χ1v) is 8.76. The van der Waals surface area contributed by atoms with Gasteiger partial charge in [-0.25, -0.2) is 0 Å². The Morgan fingerprint density at radius 1 is 1.24 bits per heavy atom. The predicted molar refractivity (Wildman–Crippen MR) is 92.6 cm³/mol. The molecule has 0 aliphatic heterocycles. The largest absolute Gasteiger partial charge is 0.392 e. The standard InChI is InChI=1S/C20H26O5/c1-10(2)17-14-7-13(9-21)8-19(24)16(5-11(3)18(19)23)20(14,25)12(4)6-15(17)22/h5,7,12,14,16,21,24-25H,6,8-9H2,1-4H3/t12-,14+,16-,19-,20-/m1/s1. The van der Waals surface area contributed by atoms with Crippen molar-refractivity contribution in [2.45, 2.75) is 51.7 Å². The number of hydrogen-bond donors (Lipinski definition) is 3. The average Bonchev–Trinajstić information content (AvgIpc) is 2.69. The third-order valence-electron chi connectivity index (χ3n) is 6.21. The van der Waals surface area contributed by atoms with Gasteiger partial charge in [0.05, 0.1) is 12.2 Å². The van der Waals surface area contributed by atoms with Gasteiger partial charge in [-0.05, 0) is 37.8 Å². The van der Waals surface area contributed by atoms with Crippen LogP contribution in [0.3, 0.4) is 0 Å². The van der Waals surface area contributed by atoms with E-state index in [1.165, 1.54) is 0 Å². The molecule has 1 fully saturated rings. The van der Waals surface area contributed by atoms with E-state index >= 15 is 0 Å². The topological polar surface area (TPSA) is 94.8 Å². The molecule has 0 radical (unpaired) electrons. The van der Waals surface area contributed by atoms with Crippen LogP contribution < -0.4 is 0 Å². The van der Waals surface area contributed by atoms with E-state index in [0.29, 0.717) is 16.7 Å². The summed E-state index contributed by atoms with van der Waals surface area (Å²) < 4.78 is 0. The lowest BCUT2D eigenvalue weighted by molar-refractivity contribution is -0.164. The number of aliphatic hydroxyl groups excluding tert-OH is 1. The number of aliphatic hydroxyl groups is 3. The lowest BCUT2D eigenvalue weighted by atomic mass is 9.58. The fraction of sp³-hybridized carbons (Fsp3) is 0.600. The number of allylic oxidation sites excluding steroid dienone is 1. The molecule has 0 bridgehead atoms. The van der Waals surface area contributed by atoms with E-state index < -0.39 is 34.7 Å². The quantitative estimate of drug-likeness (QED) is 0.494. The molecule has 0 saturated heterocycles. The Morgan fingerprint density at radius 3 is 2.44 bits per heavy atom. The van der Waals surface area contributed by atoms with Crippen molar-refractivity contribution in [1.82, 2.24) is 0 Å². The molecule has 3 rings (SSSR count). The van der Waals surface area contributed by atoms with Crippen molar-refractivity contribution >= 4 is 11.6 Å². The highest BCUT2D eigenvalue weighted by Gasteiger charge is 2.64. The van der Waals surface area contributed by atoms with Crippen LogP contribution >= 0.6 is 0 Å². The van der Waals surface area contributed by atoms with Crippen molar-refractivity contribution in [3.05, 3.63) is 34.4 Å². The van der Waals surface area contributed by atoms with Gasteiger partial charge in [-0.2, -0.15) is 0 Å². The van der Waals surface area contributed by atoms with Crippen molar-refractivity contribution in [3.8, 4) is 0 Å². The van der Waals surface area contributed by atoms with Crippen molar-refractivity contribution in [3.63, 3.8) is 0 Å². The molecule has 3 N–H and O–H groups in total. The number of rotatable bonds is 1. The summed E-state index contributed by atoms with van der Waals surface area (Å²) in [5, 5.41) is 32.8. The van der Waals surface area contributed by atoms with Crippen LogP contribution in [0.25, 0.3) is 0 Å². The molecule has 3 aliphatic rings. The van der Waals surface area contributed by atoms with Gasteiger partial charge in [-0.15, -0.1) is 0 Å². The molecule has 0 aromatic heterocycles. The molecular formula is C20H26O5. The molecule has 0 aromatic rings. The van der Waals surface area contributed by atoms with E-state index in [1.807, 2.05) is 13.8 Å². The number of hydrogen-bond acceptors (Lipinski definition) is 5. The van der Waals surface area contributed by atoms with Crippen molar-refractivity contribution < 1.29 is 24.9 Å². The van der Waals surface area contributed by atoms with Gasteiger partial charge in [0, 0.05) is 30.3 Å². The average molecular weight is 346 g/mol. The highest BCUT2D eigenvalue weighted by molar-refractivity contribution is 6.05. The molecule has 0 spiro atoms. The fourth-order valence-electron chi connectivity index (χ4n) is 4.97. The monoisotopic (exact) mass is 346 g/mol. The maximum Gasteiger partial charge on any atom is 0.190 e. The molecule has 0 aromatic carbocycles. The van der Waals surface area contributed by atoms with Gasteiger partial charge < -0.3 is 15.3 Å². The maximum absolute atomic E-state index is 12.7. The second-order valence-electron chi connectivity index (χ2n) is 8.05. The van der Waals surface area contributed by atoms with Crippen molar-refractivity contribution in [1.29, 1.82) is 0 Å². The second kappa shape index (κ2) is 5.73. The van der Waals surface area contributed by atoms with E-state index in [4.69, 9.17) is 0 Å². The maximum atomic E-state index is 12.7. The van der Waals surface area contributed by atoms with Crippen LogP contribution in [0.1, 0.15) is 40.5 Å². The molecule has 5 heteroatoms. The van der Waals surface area contributed by atoms with Gasteiger partial charge in [-0.3, -0.25) is 9.59 Å². The fourth-order valence-corrected chi connectivity index (χ4v) is 4.97. The van der Waals surface area contributed by atoms with E-state index in [0.717, 1.165) is 5.57 Å². The zero-order valence-electron chi connectivity index (χ0n) is 15.2. The molecular weight excluding hydrogens is 320 g/mol. The summed E-state index contributed by atoms with van der Waals surface area (Å²) in [7, 11) is 0. The van der Waals surface area contributed by atoms with Gasteiger partial charge >= 0.3 is 0 Å². The number of ketones is 2. The molecule has 0 heterocycles. The van der Waals surface area contributed by atoms with Crippen LogP contribution in [0.15, 0.2) is 34.4 Å². The number of Topliss-reactive ketones (excluding diaryl/α,β-unsaturated/α-hetero) is 2. The van der Waals surface area contributed by atoms with E-state index in [2.05, 4.69) is 0 Å². The highest BCUT2D eigenvalue weighted by Crippen LogP contribution is 2.55. The Morgan fingerprint density at radius 2 is 1.88 bits per heavy atom. The first kappa shape index (κ1) is 18.2. The van der Waals surface area contributed by atoms with Crippen LogP contribution in [-0.2, 0) is 9.59 Å². The summed E-state index contributed by atoms with van der Waals surface area (Å²) in [4.78, 5) is 25.3. The smallest absolute Gasteiger partial charge is 0.190 e. The Labute approximate surface area is 147 Å². The lowest BCUT2D eigenvalue weighted by Crippen LogP contribution is -2.60. The van der Waals surface area contributed by atoms with Crippen LogP contribution in [0, 0.1) is 17.8 Å². The summed E-state index contributed by atoms with van der Waals surface area (Å²) in [6.07, 6.45) is 3.49. The third kappa shape index (κ3) is 2.33. The van der Waals surface area contributed by atoms with Crippen molar-refractivity contribution in [2.24, 2.45) is 17.8 Å². The minimum absolute atomic E-state index is 0.0221. The normalized spacial score (nSPS) is 40.9. The number of fused-ring (bicyclic) bond motifs is 3. The molecule has 1 saturated carbocycles. The van der Waals surface area contributed by atoms with Crippen LogP contribution in [0.5, 0.6) is 0 Å². The minimum atomic E-state index is -1.77. The van der Waals surface area contributed by atoms with Gasteiger partial charge in [0.2, 0.25) is 0 Å². The molecule has 3 aliphatic carbocycles. The van der Waals surface area contributed by atoms with Crippen LogP contribution in [-0.4, -0.2) is 44.7 Å². The molecule has 0 amide bonds. The Hall–Kier alpha value is -1.56. The van der Waals surface area contributed by atoms with Crippen molar-refractivity contribution in [2.75, 3.05) is 6.61 Å². The first-order valence-electron chi connectivity index (χ1n) is 8.76. The predicted octanol–water partition coefficient (Wildman–Crippen LogP) is 1.48. The number of carbonyl (C=O) groups excluding carboxylic acids is 2. The second-order valence-corrected chi connectivity index (χ2v) is 8.05. The van der Waals surface area contributed by atoms with Gasteiger partial charge in [0.25, 0.3) is 0 Å². The highest BCUT2D eigenvalue weighted by atomic mass is 16.3. The van der Waals surface area contributed by atoms with Gasteiger partial charge in [0.15, 0.2) is 11.6 Å². The Bertz CT molecular complexity index is 739. The van der Waals surface area contributed by atoms with E-state index in [1.54, 1.807) is 26.0 Å². The van der Waals surface area contributed by atoms with E-state index in [9.17, 15) is 24.9 Å². The van der Waals surface area contributed by atoms with Crippen LogP contribution in [0.2, 0.25) is 0 Å².